The SMILES string of the molecule is O=c1c(-c2cccc(Cl)c2)c[nH]n1-c1cccc([N+](=O)[O-])c1. The van der Waals surface area contributed by atoms with Gasteiger partial charge < -0.3 is 0 Å². The van der Waals surface area contributed by atoms with Crippen molar-refractivity contribution in [2.24, 2.45) is 0 Å². The van der Waals surface area contributed by atoms with Gasteiger partial charge in [0.2, 0.25) is 0 Å². The average Bonchev–Trinajstić information content (AvgIpc) is 2.89. The van der Waals surface area contributed by atoms with E-state index in [1.807, 2.05) is 0 Å². The average molecular weight is 316 g/mol. The van der Waals surface area contributed by atoms with Crippen LogP contribution in [0.1, 0.15) is 0 Å². The van der Waals surface area contributed by atoms with Crippen LogP contribution in [0, 0.1) is 10.1 Å². The summed E-state index contributed by atoms with van der Waals surface area (Å²) in [7, 11) is 0. The van der Waals surface area contributed by atoms with Crippen LogP contribution in [0.5, 0.6) is 0 Å². The fraction of sp³-hybridized carbons (Fsp3) is 0. The van der Waals surface area contributed by atoms with Crippen LogP contribution in [0.2, 0.25) is 5.02 Å². The van der Waals surface area contributed by atoms with E-state index in [9.17, 15) is 14.9 Å². The molecule has 0 bridgehead atoms. The molecular weight excluding hydrogens is 306 g/mol. The Morgan fingerprint density at radius 1 is 1.14 bits per heavy atom. The van der Waals surface area contributed by atoms with Crippen molar-refractivity contribution in [3.05, 3.63) is 80.2 Å². The van der Waals surface area contributed by atoms with Gasteiger partial charge in [-0.3, -0.25) is 20.0 Å². The van der Waals surface area contributed by atoms with E-state index >= 15 is 0 Å². The number of nitro benzene ring substituents is 1. The molecule has 6 nitrogen and oxygen atoms in total. The number of non-ortho nitro benzene ring substituents is 1. The maximum atomic E-state index is 12.5. The van der Waals surface area contributed by atoms with E-state index in [4.69, 9.17) is 11.6 Å². The van der Waals surface area contributed by atoms with E-state index in [-0.39, 0.29) is 11.2 Å². The zero-order chi connectivity index (χ0) is 15.7. The Morgan fingerprint density at radius 2 is 1.91 bits per heavy atom. The highest BCUT2D eigenvalue weighted by atomic mass is 35.5. The summed E-state index contributed by atoms with van der Waals surface area (Å²) < 4.78 is 1.25. The number of rotatable bonds is 3. The zero-order valence-electron chi connectivity index (χ0n) is 11.2. The lowest BCUT2D eigenvalue weighted by Crippen LogP contribution is -2.15. The lowest BCUT2D eigenvalue weighted by Gasteiger charge is -2.01. The topological polar surface area (TPSA) is 80.9 Å². The van der Waals surface area contributed by atoms with Gasteiger partial charge in [0.15, 0.2) is 0 Å². The number of hydrogen-bond acceptors (Lipinski definition) is 3. The molecule has 0 aliphatic carbocycles. The van der Waals surface area contributed by atoms with Crippen molar-refractivity contribution in [3.8, 4) is 16.8 Å². The number of benzene rings is 2. The van der Waals surface area contributed by atoms with Crippen LogP contribution in [0.25, 0.3) is 16.8 Å². The fourth-order valence-electron chi connectivity index (χ4n) is 2.17. The number of aromatic amines is 1. The predicted octanol–water partition coefficient (Wildman–Crippen LogP) is 3.39. The maximum Gasteiger partial charge on any atom is 0.279 e. The summed E-state index contributed by atoms with van der Waals surface area (Å²) in [5.74, 6) is 0. The van der Waals surface area contributed by atoms with Crippen molar-refractivity contribution in [2.45, 2.75) is 0 Å². The van der Waals surface area contributed by atoms with Crippen LogP contribution >= 0.6 is 11.6 Å². The molecule has 0 atom stereocenters. The monoisotopic (exact) mass is 315 g/mol. The molecular formula is C15H10ClN3O3. The van der Waals surface area contributed by atoms with Crippen molar-refractivity contribution in [3.63, 3.8) is 0 Å². The smallest absolute Gasteiger partial charge is 0.279 e. The molecule has 0 fully saturated rings. The molecule has 0 aliphatic rings. The van der Waals surface area contributed by atoms with Gasteiger partial charge in [-0.25, -0.2) is 4.68 Å². The van der Waals surface area contributed by atoms with E-state index in [0.29, 0.717) is 21.8 Å². The predicted molar refractivity (Wildman–Crippen MR) is 83.5 cm³/mol. The highest BCUT2D eigenvalue weighted by molar-refractivity contribution is 6.30. The molecule has 7 heteroatoms. The van der Waals surface area contributed by atoms with Crippen molar-refractivity contribution < 1.29 is 4.92 Å². The third-order valence-electron chi connectivity index (χ3n) is 3.21. The Hall–Kier alpha value is -2.86. The zero-order valence-corrected chi connectivity index (χ0v) is 11.9. The molecule has 0 aliphatic heterocycles. The van der Waals surface area contributed by atoms with Crippen LogP contribution in [-0.2, 0) is 0 Å². The summed E-state index contributed by atoms with van der Waals surface area (Å²) in [4.78, 5) is 22.8. The first-order chi connectivity index (χ1) is 10.6. The second-order valence-electron chi connectivity index (χ2n) is 4.61. The minimum absolute atomic E-state index is 0.0803. The summed E-state index contributed by atoms with van der Waals surface area (Å²) in [6.45, 7) is 0. The number of nitro groups is 1. The molecule has 0 saturated heterocycles. The van der Waals surface area contributed by atoms with E-state index in [1.165, 1.54) is 22.9 Å². The van der Waals surface area contributed by atoms with Crippen LogP contribution < -0.4 is 5.56 Å². The molecule has 110 valence electrons. The van der Waals surface area contributed by atoms with Gasteiger partial charge in [0.05, 0.1) is 16.2 Å². The summed E-state index contributed by atoms with van der Waals surface area (Å²) in [6.07, 6.45) is 1.55. The van der Waals surface area contributed by atoms with Crippen LogP contribution in [-0.4, -0.2) is 14.7 Å². The quantitative estimate of drug-likeness (QED) is 0.594. The van der Waals surface area contributed by atoms with Crippen LogP contribution in [0.15, 0.2) is 59.5 Å². The number of hydrogen-bond donors (Lipinski definition) is 1. The third kappa shape index (κ3) is 2.51. The highest BCUT2D eigenvalue weighted by Gasteiger charge is 2.12. The molecule has 1 N–H and O–H groups in total. The number of nitrogens with zero attached hydrogens (tertiary/aromatic N) is 2. The van der Waals surface area contributed by atoms with Gasteiger partial charge in [-0.2, -0.15) is 0 Å². The van der Waals surface area contributed by atoms with Gasteiger partial charge in [0.1, 0.15) is 0 Å². The Bertz CT molecular complexity index is 914. The van der Waals surface area contributed by atoms with Gasteiger partial charge in [0.25, 0.3) is 11.2 Å². The minimum Gasteiger partial charge on any atom is -0.298 e. The molecule has 22 heavy (non-hydrogen) atoms. The van der Waals surface area contributed by atoms with Gasteiger partial charge in [0, 0.05) is 23.4 Å². The van der Waals surface area contributed by atoms with Gasteiger partial charge >= 0.3 is 0 Å². The lowest BCUT2D eigenvalue weighted by atomic mass is 10.1. The highest BCUT2D eigenvalue weighted by Crippen LogP contribution is 2.21. The lowest BCUT2D eigenvalue weighted by molar-refractivity contribution is -0.384. The third-order valence-corrected chi connectivity index (χ3v) is 3.44. The normalized spacial score (nSPS) is 10.6. The first kappa shape index (κ1) is 14.1. The Kier molecular flexibility index (Phi) is 3.52. The Labute approximate surface area is 129 Å². The van der Waals surface area contributed by atoms with Gasteiger partial charge in [-0.15, -0.1) is 0 Å². The second kappa shape index (κ2) is 5.50. The molecule has 0 spiro atoms. The number of nitrogens with one attached hydrogen (secondary N) is 1. The van der Waals surface area contributed by atoms with Gasteiger partial charge in [-0.1, -0.05) is 29.8 Å². The number of H-pyrrole nitrogens is 1. The van der Waals surface area contributed by atoms with Crippen LogP contribution in [0.4, 0.5) is 5.69 Å². The number of halogens is 1. The largest absolute Gasteiger partial charge is 0.298 e. The van der Waals surface area contributed by atoms with E-state index in [1.54, 1.807) is 36.5 Å². The molecule has 0 saturated carbocycles. The summed E-state index contributed by atoms with van der Waals surface area (Å²) >= 11 is 5.93. The standard InChI is InChI=1S/C15H10ClN3O3/c16-11-4-1-3-10(7-11)14-9-17-18(15(14)20)12-5-2-6-13(8-12)19(21)22/h1-9,17H. The van der Waals surface area contributed by atoms with Crippen molar-refractivity contribution in [2.75, 3.05) is 0 Å². The molecule has 3 rings (SSSR count). The Balaban J connectivity index is 2.10. The fourth-order valence-corrected chi connectivity index (χ4v) is 2.36. The van der Waals surface area contributed by atoms with Crippen molar-refractivity contribution in [1.82, 2.24) is 9.78 Å². The molecule has 0 amide bonds. The van der Waals surface area contributed by atoms with Crippen molar-refractivity contribution >= 4 is 17.3 Å². The van der Waals surface area contributed by atoms with E-state index in [0.717, 1.165) is 0 Å². The van der Waals surface area contributed by atoms with E-state index in [2.05, 4.69) is 5.10 Å². The first-order valence-electron chi connectivity index (χ1n) is 6.37. The number of aromatic nitrogens is 2. The van der Waals surface area contributed by atoms with Crippen LogP contribution in [0.3, 0.4) is 0 Å². The molecule has 3 aromatic rings. The minimum atomic E-state index is -0.505. The molecule has 0 unspecified atom stereocenters. The first-order valence-corrected chi connectivity index (χ1v) is 6.75. The maximum absolute atomic E-state index is 12.5. The molecule has 2 aromatic carbocycles. The molecule has 1 heterocycles. The van der Waals surface area contributed by atoms with E-state index < -0.39 is 4.92 Å². The molecule has 1 aromatic heterocycles. The van der Waals surface area contributed by atoms with Crippen molar-refractivity contribution in [1.29, 1.82) is 0 Å². The van der Waals surface area contributed by atoms with Gasteiger partial charge in [-0.05, 0) is 23.8 Å². The summed E-state index contributed by atoms with van der Waals surface area (Å²) in [5.41, 5.74) is 1.13. The second-order valence-corrected chi connectivity index (χ2v) is 5.05. The molecule has 0 radical (unpaired) electrons. The summed E-state index contributed by atoms with van der Waals surface area (Å²) in [5, 5.41) is 14.2. The Morgan fingerprint density at radius 3 is 2.64 bits per heavy atom. The summed E-state index contributed by atoms with van der Waals surface area (Å²) in [6, 6.07) is 12.8.